The minimum Gasteiger partial charge on any atom is -0.327 e. The first-order valence-corrected chi connectivity index (χ1v) is 6.63. The van der Waals surface area contributed by atoms with Crippen molar-refractivity contribution in [2.45, 2.75) is 19.8 Å². The van der Waals surface area contributed by atoms with Gasteiger partial charge in [0.2, 0.25) is 0 Å². The Bertz CT molecular complexity index is 457. The molecule has 19 heavy (non-hydrogen) atoms. The Hall–Kier alpha value is -1.49. The quantitative estimate of drug-likeness (QED) is 0.850. The molecule has 0 bridgehead atoms. The summed E-state index contributed by atoms with van der Waals surface area (Å²) < 4.78 is 26.3. The van der Waals surface area contributed by atoms with Gasteiger partial charge in [-0.05, 0) is 30.9 Å². The molecule has 0 aromatic heterocycles. The average Bonchev–Trinajstić information content (AvgIpc) is 2.37. The number of nitrogens with one attached hydrogen (secondary N) is 2. The number of carbonyl (C=O) groups is 1. The van der Waals surface area contributed by atoms with E-state index >= 15 is 0 Å². The van der Waals surface area contributed by atoms with E-state index in [2.05, 4.69) is 12.2 Å². The third-order valence-corrected chi connectivity index (χ3v) is 3.59. The molecule has 0 unspecified atom stereocenters. The Kier molecular flexibility index (Phi) is 4.47. The van der Waals surface area contributed by atoms with Gasteiger partial charge in [0.1, 0.15) is 11.6 Å². The Labute approximate surface area is 111 Å². The van der Waals surface area contributed by atoms with Gasteiger partial charge in [-0.1, -0.05) is 6.92 Å². The van der Waals surface area contributed by atoms with Crippen LogP contribution in [0, 0.1) is 17.6 Å². The highest BCUT2D eigenvalue weighted by atomic mass is 19.1. The van der Waals surface area contributed by atoms with Gasteiger partial charge in [-0.3, -0.25) is 4.79 Å². The normalized spacial score (nSPS) is 23.1. The van der Waals surface area contributed by atoms with Crippen molar-refractivity contribution in [3.63, 3.8) is 0 Å². The molecule has 0 radical (unpaired) electrons. The molecule has 0 spiro atoms. The summed E-state index contributed by atoms with van der Waals surface area (Å²) in [6.45, 7) is 4.43. The topological polar surface area (TPSA) is 33.5 Å². The molecule has 5 heteroatoms. The molecular formula is C14H19F2N2O+. The number of rotatable bonds is 3. The number of halogens is 2. The van der Waals surface area contributed by atoms with E-state index in [1.807, 2.05) is 0 Å². The number of amides is 1. The van der Waals surface area contributed by atoms with E-state index in [0.717, 1.165) is 44.1 Å². The Balaban J connectivity index is 1.89. The molecule has 1 aliphatic heterocycles. The third kappa shape index (κ3) is 3.99. The van der Waals surface area contributed by atoms with E-state index in [0.29, 0.717) is 12.5 Å². The molecule has 104 valence electrons. The van der Waals surface area contributed by atoms with E-state index in [1.54, 1.807) is 0 Å². The van der Waals surface area contributed by atoms with Crippen LogP contribution in [0.1, 0.15) is 19.8 Å². The second-order valence-corrected chi connectivity index (χ2v) is 5.28. The summed E-state index contributed by atoms with van der Waals surface area (Å²) in [5.74, 6) is -0.727. The van der Waals surface area contributed by atoms with Gasteiger partial charge in [-0.2, -0.15) is 0 Å². The molecule has 1 aromatic carbocycles. The molecule has 2 rings (SSSR count). The first-order chi connectivity index (χ1) is 9.04. The Morgan fingerprint density at radius 2 is 2.05 bits per heavy atom. The van der Waals surface area contributed by atoms with Crippen LogP contribution in [0.15, 0.2) is 18.2 Å². The summed E-state index contributed by atoms with van der Waals surface area (Å²) in [6, 6.07) is 3.05. The van der Waals surface area contributed by atoms with Crippen LogP contribution in [0.4, 0.5) is 14.5 Å². The zero-order valence-electron chi connectivity index (χ0n) is 11.0. The predicted molar refractivity (Wildman–Crippen MR) is 68.9 cm³/mol. The van der Waals surface area contributed by atoms with E-state index in [-0.39, 0.29) is 11.6 Å². The van der Waals surface area contributed by atoms with Crippen LogP contribution >= 0.6 is 0 Å². The maximum Gasteiger partial charge on any atom is 0.279 e. The van der Waals surface area contributed by atoms with E-state index in [4.69, 9.17) is 0 Å². The van der Waals surface area contributed by atoms with Crippen molar-refractivity contribution in [1.82, 2.24) is 0 Å². The molecule has 1 aliphatic rings. The lowest BCUT2D eigenvalue weighted by Crippen LogP contribution is -3.14. The maximum absolute atomic E-state index is 13.4. The third-order valence-electron chi connectivity index (χ3n) is 3.59. The molecule has 1 saturated heterocycles. The lowest BCUT2D eigenvalue weighted by Gasteiger charge is -2.26. The number of anilines is 1. The monoisotopic (exact) mass is 269 g/mol. The van der Waals surface area contributed by atoms with E-state index in [9.17, 15) is 13.6 Å². The molecule has 1 amide bonds. The highest BCUT2D eigenvalue weighted by Gasteiger charge is 2.21. The van der Waals surface area contributed by atoms with Gasteiger partial charge in [0, 0.05) is 6.07 Å². The van der Waals surface area contributed by atoms with E-state index in [1.165, 1.54) is 4.90 Å². The maximum atomic E-state index is 13.4. The summed E-state index contributed by atoms with van der Waals surface area (Å²) in [4.78, 5) is 13.0. The fourth-order valence-corrected chi connectivity index (χ4v) is 2.36. The van der Waals surface area contributed by atoms with Crippen molar-refractivity contribution in [1.29, 1.82) is 0 Å². The minimum absolute atomic E-state index is 0.0882. The molecule has 1 aromatic rings. The lowest BCUT2D eigenvalue weighted by molar-refractivity contribution is -0.897. The number of carbonyl (C=O) groups excluding carboxylic acids is 1. The molecule has 1 fully saturated rings. The summed E-state index contributed by atoms with van der Waals surface area (Å²) in [5, 5.41) is 2.43. The standard InChI is InChI=1S/C14H18F2N2O/c1-10-4-6-18(7-5-10)9-14(19)17-13-8-11(15)2-3-12(13)16/h2-3,8,10H,4-7,9H2,1H3,(H,17,19)/p+1. The van der Waals surface area contributed by atoms with Gasteiger partial charge < -0.3 is 10.2 Å². The smallest absolute Gasteiger partial charge is 0.279 e. The molecule has 0 saturated carbocycles. The van der Waals surface area contributed by atoms with Crippen LogP contribution in [0.2, 0.25) is 0 Å². The number of hydrogen-bond donors (Lipinski definition) is 2. The highest BCUT2D eigenvalue weighted by molar-refractivity contribution is 5.91. The molecule has 0 atom stereocenters. The predicted octanol–water partition coefficient (Wildman–Crippen LogP) is 1.22. The first-order valence-electron chi connectivity index (χ1n) is 6.63. The molecule has 1 heterocycles. The van der Waals surface area contributed by atoms with Gasteiger partial charge in [-0.15, -0.1) is 0 Å². The SMILES string of the molecule is CC1CC[NH+](CC(=O)Nc2cc(F)ccc2F)CC1. The van der Waals surface area contributed by atoms with Crippen molar-refractivity contribution in [2.75, 3.05) is 25.0 Å². The minimum atomic E-state index is -0.614. The van der Waals surface area contributed by atoms with Crippen LogP contribution < -0.4 is 10.2 Å². The first kappa shape index (κ1) is 13.9. The largest absolute Gasteiger partial charge is 0.327 e. The zero-order chi connectivity index (χ0) is 13.8. The average molecular weight is 269 g/mol. The van der Waals surface area contributed by atoms with Gasteiger partial charge in [0.25, 0.3) is 5.91 Å². The number of quaternary nitrogens is 1. The van der Waals surface area contributed by atoms with Crippen LogP contribution in [-0.4, -0.2) is 25.5 Å². The second kappa shape index (κ2) is 6.10. The van der Waals surface area contributed by atoms with Crippen molar-refractivity contribution < 1.29 is 18.5 Å². The van der Waals surface area contributed by atoms with Crippen LogP contribution in [0.3, 0.4) is 0 Å². The van der Waals surface area contributed by atoms with Crippen LogP contribution in [-0.2, 0) is 4.79 Å². The fraction of sp³-hybridized carbons (Fsp3) is 0.500. The highest BCUT2D eigenvalue weighted by Crippen LogP contribution is 2.14. The van der Waals surface area contributed by atoms with Crippen molar-refractivity contribution in [2.24, 2.45) is 5.92 Å². The summed E-state index contributed by atoms with van der Waals surface area (Å²) in [7, 11) is 0. The Morgan fingerprint density at radius 3 is 2.74 bits per heavy atom. The van der Waals surface area contributed by atoms with Crippen LogP contribution in [0.5, 0.6) is 0 Å². The van der Waals surface area contributed by atoms with Crippen molar-refractivity contribution in [3.05, 3.63) is 29.8 Å². The molecular weight excluding hydrogens is 250 g/mol. The number of likely N-dealkylation sites (tertiary alicyclic amines) is 1. The van der Waals surface area contributed by atoms with Crippen LogP contribution in [0.25, 0.3) is 0 Å². The lowest BCUT2D eigenvalue weighted by atomic mass is 9.99. The second-order valence-electron chi connectivity index (χ2n) is 5.28. The van der Waals surface area contributed by atoms with Crippen molar-refractivity contribution in [3.8, 4) is 0 Å². The number of piperidine rings is 1. The number of benzene rings is 1. The van der Waals surface area contributed by atoms with E-state index < -0.39 is 11.6 Å². The number of hydrogen-bond acceptors (Lipinski definition) is 1. The zero-order valence-corrected chi connectivity index (χ0v) is 11.0. The van der Waals surface area contributed by atoms with Gasteiger partial charge >= 0.3 is 0 Å². The van der Waals surface area contributed by atoms with Gasteiger partial charge in [0.15, 0.2) is 6.54 Å². The summed E-state index contributed by atoms with van der Waals surface area (Å²) in [6.07, 6.45) is 2.22. The van der Waals surface area contributed by atoms with Gasteiger partial charge in [-0.25, -0.2) is 8.78 Å². The molecule has 2 N–H and O–H groups in total. The summed E-state index contributed by atoms with van der Waals surface area (Å²) >= 11 is 0. The Morgan fingerprint density at radius 1 is 1.37 bits per heavy atom. The summed E-state index contributed by atoms with van der Waals surface area (Å²) in [5.41, 5.74) is -0.0882. The van der Waals surface area contributed by atoms with Gasteiger partial charge in [0.05, 0.1) is 18.8 Å². The molecule has 0 aliphatic carbocycles. The molecule has 3 nitrogen and oxygen atoms in total. The van der Waals surface area contributed by atoms with Crippen molar-refractivity contribution >= 4 is 11.6 Å². The fourth-order valence-electron chi connectivity index (χ4n) is 2.36.